The Hall–Kier alpha value is -2.93. The van der Waals surface area contributed by atoms with E-state index in [-0.39, 0.29) is 17.5 Å². The summed E-state index contributed by atoms with van der Waals surface area (Å²) in [7, 11) is 7.14. The number of fused-ring (bicyclic) bond motifs is 1. The highest BCUT2D eigenvalue weighted by Gasteiger charge is 2.50. The summed E-state index contributed by atoms with van der Waals surface area (Å²) in [5.74, 6) is 2.17. The monoisotopic (exact) mass is 453 g/mol. The van der Waals surface area contributed by atoms with Gasteiger partial charge in [-0.05, 0) is 81.6 Å². The molecule has 7 heteroatoms. The lowest BCUT2D eigenvalue weighted by Gasteiger charge is -2.45. The Morgan fingerprint density at radius 3 is 2.45 bits per heavy atom. The van der Waals surface area contributed by atoms with E-state index in [1.807, 2.05) is 31.2 Å². The smallest absolute Gasteiger partial charge is 0.319 e. The second-order valence-electron chi connectivity index (χ2n) is 9.25. The molecule has 3 atom stereocenters. The zero-order valence-electron chi connectivity index (χ0n) is 20.2. The molecule has 1 saturated carbocycles. The van der Waals surface area contributed by atoms with Gasteiger partial charge in [0.2, 0.25) is 0 Å². The summed E-state index contributed by atoms with van der Waals surface area (Å²) in [4.78, 5) is 15.3. The lowest BCUT2D eigenvalue weighted by molar-refractivity contribution is 0.156. The van der Waals surface area contributed by atoms with Crippen molar-refractivity contribution in [3.05, 3.63) is 47.5 Å². The molecule has 2 amide bonds. The number of amides is 2. The molecule has 2 aliphatic rings. The molecule has 1 aliphatic carbocycles. The molecule has 1 saturated heterocycles. The Morgan fingerprint density at radius 1 is 1.00 bits per heavy atom. The molecule has 3 unspecified atom stereocenters. The summed E-state index contributed by atoms with van der Waals surface area (Å²) >= 11 is 0. The molecule has 7 nitrogen and oxygen atoms in total. The third kappa shape index (κ3) is 4.47. The van der Waals surface area contributed by atoms with E-state index in [0.29, 0.717) is 17.5 Å². The fraction of sp³-hybridized carbons (Fsp3) is 0.500. The number of rotatable bonds is 6. The first-order chi connectivity index (χ1) is 15.9. The third-order valence-electron chi connectivity index (χ3n) is 7.42. The van der Waals surface area contributed by atoms with Crippen LogP contribution in [0, 0.1) is 6.92 Å². The maximum absolute atomic E-state index is 12.8. The summed E-state index contributed by atoms with van der Waals surface area (Å²) < 4.78 is 16.4. The van der Waals surface area contributed by atoms with Gasteiger partial charge in [0, 0.05) is 17.5 Å². The molecule has 1 aliphatic heterocycles. The van der Waals surface area contributed by atoms with E-state index in [4.69, 9.17) is 14.2 Å². The molecule has 33 heavy (non-hydrogen) atoms. The van der Waals surface area contributed by atoms with Gasteiger partial charge in [0.25, 0.3) is 0 Å². The maximum Gasteiger partial charge on any atom is 0.319 e. The summed E-state index contributed by atoms with van der Waals surface area (Å²) in [6, 6.07) is 12.3. The molecule has 0 spiro atoms. The summed E-state index contributed by atoms with van der Waals surface area (Å²) in [5.41, 5.74) is 3.10. The van der Waals surface area contributed by atoms with Crippen LogP contribution in [0.5, 0.6) is 17.2 Å². The highest BCUT2D eigenvalue weighted by atomic mass is 16.5. The van der Waals surface area contributed by atoms with Crippen LogP contribution in [0.2, 0.25) is 0 Å². The lowest BCUT2D eigenvalue weighted by Crippen LogP contribution is -2.52. The van der Waals surface area contributed by atoms with Crippen LogP contribution in [-0.4, -0.2) is 57.9 Å². The van der Waals surface area contributed by atoms with Gasteiger partial charge in [0.15, 0.2) is 11.5 Å². The van der Waals surface area contributed by atoms with E-state index < -0.39 is 0 Å². The van der Waals surface area contributed by atoms with Crippen molar-refractivity contribution in [2.24, 2.45) is 0 Å². The van der Waals surface area contributed by atoms with Crippen molar-refractivity contribution < 1.29 is 19.0 Å². The number of anilines is 1. The fourth-order valence-electron chi connectivity index (χ4n) is 5.66. The van der Waals surface area contributed by atoms with Crippen LogP contribution < -0.4 is 24.8 Å². The largest absolute Gasteiger partial charge is 0.495 e. The number of nitrogens with zero attached hydrogens (tertiary/aromatic N) is 1. The van der Waals surface area contributed by atoms with E-state index in [0.717, 1.165) is 49.3 Å². The second-order valence-corrected chi connectivity index (χ2v) is 9.25. The van der Waals surface area contributed by atoms with Crippen LogP contribution in [0.15, 0.2) is 36.4 Å². The first-order valence-electron chi connectivity index (χ1n) is 11.5. The maximum atomic E-state index is 12.8. The zero-order valence-corrected chi connectivity index (χ0v) is 20.2. The first-order valence-corrected chi connectivity index (χ1v) is 11.5. The van der Waals surface area contributed by atoms with E-state index in [1.54, 1.807) is 21.3 Å². The van der Waals surface area contributed by atoms with Crippen LogP contribution in [0.25, 0.3) is 0 Å². The molecule has 0 bridgehead atoms. The standard InChI is InChI=1S/C26H35N3O4/c1-17-6-8-21(31-3)20(14-17)28-25(30)27-19-10-11-26(12-13-29(2)24(26)16-19)18-7-9-22(32-4)23(15-18)33-5/h6-9,14-15,19,24H,10-13,16H2,1-5H3,(H2,27,28,30). The van der Waals surface area contributed by atoms with Gasteiger partial charge in [-0.1, -0.05) is 12.1 Å². The highest BCUT2D eigenvalue weighted by molar-refractivity contribution is 5.91. The quantitative estimate of drug-likeness (QED) is 0.681. The van der Waals surface area contributed by atoms with Crippen LogP contribution in [-0.2, 0) is 5.41 Å². The molecule has 2 aromatic carbocycles. The van der Waals surface area contributed by atoms with Gasteiger partial charge in [-0.3, -0.25) is 0 Å². The number of ether oxygens (including phenoxy) is 3. The van der Waals surface area contributed by atoms with Crippen LogP contribution in [0.4, 0.5) is 10.5 Å². The Kier molecular flexibility index (Phi) is 6.70. The van der Waals surface area contributed by atoms with Crippen molar-refractivity contribution >= 4 is 11.7 Å². The van der Waals surface area contributed by atoms with Crippen molar-refractivity contribution in [2.45, 2.75) is 50.1 Å². The van der Waals surface area contributed by atoms with Crippen LogP contribution >= 0.6 is 0 Å². The van der Waals surface area contributed by atoms with E-state index in [9.17, 15) is 4.79 Å². The minimum Gasteiger partial charge on any atom is -0.495 e. The number of nitrogens with one attached hydrogen (secondary N) is 2. The number of likely N-dealkylation sites (tertiary alicyclic amines) is 1. The predicted molar refractivity (Wildman–Crippen MR) is 130 cm³/mol. The number of hydrogen-bond acceptors (Lipinski definition) is 5. The molecule has 0 radical (unpaired) electrons. The average Bonchev–Trinajstić information content (AvgIpc) is 3.15. The highest BCUT2D eigenvalue weighted by Crippen LogP contribution is 2.49. The average molecular weight is 454 g/mol. The molecule has 0 aromatic heterocycles. The van der Waals surface area contributed by atoms with Crippen molar-refractivity contribution in [3.8, 4) is 17.2 Å². The Balaban J connectivity index is 1.48. The Labute approximate surface area is 196 Å². The predicted octanol–water partition coefficient (Wildman–Crippen LogP) is 4.34. The summed E-state index contributed by atoms with van der Waals surface area (Å²) in [5, 5.41) is 6.17. The molecule has 2 aromatic rings. The number of carbonyl (C=O) groups is 1. The minimum absolute atomic E-state index is 0.0583. The number of urea groups is 1. The van der Waals surface area contributed by atoms with Crippen molar-refractivity contribution in [3.63, 3.8) is 0 Å². The normalized spacial score (nSPS) is 24.6. The van der Waals surface area contributed by atoms with Gasteiger partial charge < -0.3 is 29.7 Å². The van der Waals surface area contributed by atoms with E-state index in [1.165, 1.54) is 5.56 Å². The molecule has 4 rings (SSSR count). The fourth-order valence-corrected chi connectivity index (χ4v) is 5.66. The van der Waals surface area contributed by atoms with Gasteiger partial charge >= 0.3 is 6.03 Å². The van der Waals surface area contributed by atoms with Gasteiger partial charge in [-0.15, -0.1) is 0 Å². The minimum atomic E-state index is -0.192. The van der Waals surface area contributed by atoms with Crippen molar-refractivity contribution in [2.75, 3.05) is 40.2 Å². The molecule has 178 valence electrons. The lowest BCUT2D eigenvalue weighted by atomic mass is 9.65. The molecule has 2 fully saturated rings. The topological polar surface area (TPSA) is 72.1 Å². The summed E-state index contributed by atoms with van der Waals surface area (Å²) in [6.07, 6.45) is 3.94. The van der Waals surface area contributed by atoms with Crippen LogP contribution in [0.3, 0.4) is 0 Å². The SMILES string of the molecule is COc1ccc(C)cc1NC(=O)NC1CCC2(c3ccc(OC)c(OC)c3)CCN(C)C2C1. The summed E-state index contributed by atoms with van der Waals surface area (Å²) in [6.45, 7) is 3.03. The van der Waals surface area contributed by atoms with Gasteiger partial charge in [0.1, 0.15) is 5.75 Å². The van der Waals surface area contributed by atoms with E-state index in [2.05, 4.69) is 34.7 Å². The van der Waals surface area contributed by atoms with Gasteiger partial charge in [0.05, 0.1) is 27.0 Å². The molecular formula is C26H35N3O4. The molecule has 1 heterocycles. The number of methoxy groups -OCH3 is 3. The Bertz CT molecular complexity index is 1010. The van der Waals surface area contributed by atoms with Crippen molar-refractivity contribution in [1.29, 1.82) is 0 Å². The molecule has 2 N–H and O–H groups in total. The number of hydrogen-bond donors (Lipinski definition) is 2. The van der Waals surface area contributed by atoms with Crippen molar-refractivity contribution in [1.82, 2.24) is 10.2 Å². The number of carbonyl (C=O) groups excluding carboxylic acids is 1. The van der Waals surface area contributed by atoms with E-state index >= 15 is 0 Å². The number of benzene rings is 2. The molecular weight excluding hydrogens is 418 g/mol. The zero-order chi connectivity index (χ0) is 23.6. The third-order valence-corrected chi connectivity index (χ3v) is 7.42. The number of aryl methyl sites for hydroxylation is 1. The Morgan fingerprint density at radius 2 is 1.73 bits per heavy atom. The second kappa shape index (κ2) is 9.51. The van der Waals surface area contributed by atoms with Crippen LogP contribution in [0.1, 0.15) is 36.8 Å². The van der Waals surface area contributed by atoms with Gasteiger partial charge in [-0.25, -0.2) is 4.79 Å². The first kappa shape index (κ1) is 23.2. The van der Waals surface area contributed by atoms with Gasteiger partial charge in [-0.2, -0.15) is 0 Å². The number of likely N-dealkylation sites (N-methyl/N-ethyl adjacent to an activating group) is 1.